The second kappa shape index (κ2) is 5.29. The third kappa shape index (κ3) is 2.84. The molecular weight excluding hydrogens is 238 g/mol. The van der Waals surface area contributed by atoms with Crippen LogP contribution < -0.4 is 0 Å². The second-order valence-electron chi connectivity index (χ2n) is 3.85. The minimum Gasteiger partial charge on any atom is -0.384 e. The van der Waals surface area contributed by atoms with Gasteiger partial charge in [0.1, 0.15) is 11.3 Å². The van der Waals surface area contributed by atoms with Crippen LogP contribution in [0.5, 0.6) is 0 Å². The lowest BCUT2D eigenvalue weighted by Gasteiger charge is -2.08. The van der Waals surface area contributed by atoms with Gasteiger partial charge in [-0.2, -0.15) is 5.10 Å². The molecule has 1 atom stereocenters. The maximum atomic E-state index is 10.2. The molecule has 0 saturated heterocycles. The van der Waals surface area contributed by atoms with Crippen molar-refractivity contribution in [1.29, 1.82) is 0 Å². The molecule has 0 aromatic carbocycles. The highest BCUT2D eigenvalue weighted by Gasteiger charge is 2.13. The summed E-state index contributed by atoms with van der Waals surface area (Å²) in [7, 11) is 0. The Kier molecular flexibility index (Phi) is 3.76. The number of aliphatic hydroxyl groups excluding tert-OH is 1. The number of halogens is 1. The average molecular weight is 252 g/mol. The first kappa shape index (κ1) is 12.1. The van der Waals surface area contributed by atoms with Crippen LogP contribution in [0.3, 0.4) is 0 Å². The van der Waals surface area contributed by atoms with E-state index in [4.69, 9.17) is 11.6 Å². The molecule has 0 aliphatic rings. The average Bonchev–Trinajstić information content (AvgIpc) is 2.77. The lowest BCUT2D eigenvalue weighted by Crippen LogP contribution is -1.99. The first-order chi connectivity index (χ1) is 8.20. The maximum Gasteiger partial charge on any atom is 0.129 e. The summed E-state index contributed by atoms with van der Waals surface area (Å²) in [6.45, 7) is 2.93. The molecule has 0 aliphatic carbocycles. The molecule has 0 saturated carbocycles. The van der Waals surface area contributed by atoms with E-state index in [1.165, 1.54) is 0 Å². The molecule has 2 aromatic heterocycles. The Labute approximate surface area is 105 Å². The first-order valence-electron chi connectivity index (χ1n) is 5.52. The molecule has 0 bridgehead atoms. The summed E-state index contributed by atoms with van der Waals surface area (Å²) in [5.41, 5.74) is 1.49. The Morgan fingerprint density at radius 1 is 1.47 bits per heavy atom. The van der Waals surface area contributed by atoms with Gasteiger partial charge in [0.15, 0.2) is 0 Å². The van der Waals surface area contributed by atoms with Crippen molar-refractivity contribution in [1.82, 2.24) is 14.8 Å². The van der Waals surface area contributed by atoms with Crippen LogP contribution in [0.2, 0.25) is 5.15 Å². The first-order valence-corrected chi connectivity index (χ1v) is 5.90. The van der Waals surface area contributed by atoms with E-state index in [2.05, 4.69) is 17.0 Å². The standard InChI is InChI=1S/C12H14ClN3O/c1-2-5-16-8-10(7-15-16)12(17)9-3-4-14-11(13)6-9/h3-4,6-8,12,17H,2,5H2,1H3. The predicted molar refractivity (Wildman–Crippen MR) is 65.8 cm³/mol. The van der Waals surface area contributed by atoms with Crippen molar-refractivity contribution in [2.75, 3.05) is 0 Å². The SMILES string of the molecule is CCCn1cc(C(O)c2ccnc(Cl)c2)cn1. The van der Waals surface area contributed by atoms with Gasteiger partial charge in [-0.1, -0.05) is 18.5 Å². The second-order valence-corrected chi connectivity index (χ2v) is 4.24. The largest absolute Gasteiger partial charge is 0.384 e. The normalized spacial score (nSPS) is 12.6. The lowest BCUT2D eigenvalue weighted by molar-refractivity contribution is 0.220. The monoisotopic (exact) mass is 251 g/mol. The van der Waals surface area contributed by atoms with Crippen LogP contribution in [0.1, 0.15) is 30.6 Å². The van der Waals surface area contributed by atoms with Gasteiger partial charge in [-0.15, -0.1) is 0 Å². The molecule has 0 aliphatic heterocycles. The predicted octanol–water partition coefficient (Wildman–Crippen LogP) is 2.42. The van der Waals surface area contributed by atoms with Crippen molar-refractivity contribution in [3.8, 4) is 0 Å². The van der Waals surface area contributed by atoms with E-state index in [-0.39, 0.29) is 0 Å². The van der Waals surface area contributed by atoms with Crippen LogP contribution >= 0.6 is 11.6 Å². The summed E-state index contributed by atoms with van der Waals surface area (Å²) in [5.74, 6) is 0. The van der Waals surface area contributed by atoms with E-state index < -0.39 is 6.10 Å². The van der Waals surface area contributed by atoms with Gasteiger partial charge in [-0.05, 0) is 24.1 Å². The third-order valence-corrected chi connectivity index (χ3v) is 2.69. The van der Waals surface area contributed by atoms with Gasteiger partial charge in [-0.3, -0.25) is 4.68 Å². The van der Waals surface area contributed by atoms with Crippen molar-refractivity contribution in [2.24, 2.45) is 0 Å². The number of nitrogens with zero attached hydrogens (tertiary/aromatic N) is 3. The van der Waals surface area contributed by atoms with Crippen LogP contribution in [-0.4, -0.2) is 19.9 Å². The van der Waals surface area contributed by atoms with Crippen LogP contribution in [0.15, 0.2) is 30.7 Å². The van der Waals surface area contributed by atoms with Crippen LogP contribution in [0.4, 0.5) is 0 Å². The van der Waals surface area contributed by atoms with Gasteiger partial charge < -0.3 is 5.11 Å². The Morgan fingerprint density at radius 3 is 3.00 bits per heavy atom. The molecule has 0 fully saturated rings. The summed E-state index contributed by atoms with van der Waals surface area (Å²) < 4.78 is 1.82. The molecule has 0 spiro atoms. The molecule has 17 heavy (non-hydrogen) atoms. The number of aliphatic hydroxyl groups is 1. The topological polar surface area (TPSA) is 50.9 Å². The lowest BCUT2D eigenvalue weighted by atomic mass is 10.1. The van der Waals surface area contributed by atoms with Crippen LogP contribution in [-0.2, 0) is 6.54 Å². The fourth-order valence-electron chi connectivity index (χ4n) is 1.65. The van der Waals surface area contributed by atoms with E-state index in [0.29, 0.717) is 5.15 Å². The zero-order valence-corrected chi connectivity index (χ0v) is 10.3. The van der Waals surface area contributed by atoms with Gasteiger partial charge >= 0.3 is 0 Å². The zero-order chi connectivity index (χ0) is 12.3. The summed E-state index contributed by atoms with van der Waals surface area (Å²) in [6.07, 6.45) is 5.41. The molecule has 5 heteroatoms. The minimum absolute atomic E-state index is 0.377. The minimum atomic E-state index is -0.707. The van der Waals surface area contributed by atoms with Crippen molar-refractivity contribution >= 4 is 11.6 Å². The zero-order valence-electron chi connectivity index (χ0n) is 9.55. The van der Waals surface area contributed by atoms with Crippen molar-refractivity contribution in [3.63, 3.8) is 0 Å². The van der Waals surface area contributed by atoms with Gasteiger partial charge in [0, 0.05) is 24.5 Å². The summed E-state index contributed by atoms with van der Waals surface area (Å²) in [4.78, 5) is 3.88. The molecule has 2 rings (SSSR count). The van der Waals surface area contributed by atoms with Gasteiger partial charge in [0.25, 0.3) is 0 Å². The molecule has 90 valence electrons. The Morgan fingerprint density at radius 2 is 2.29 bits per heavy atom. The number of rotatable bonds is 4. The van der Waals surface area contributed by atoms with Crippen LogP contribution in [0.25, 0.3) is 0 Å². The Hall–Kier alpha value is -1.39. The molecule has 1 N–H and O–H groups in total. The van der Waals surface area contributed by atoms with Crippen molar-refractivity contribution < 1.29 is 5.11 Å². The number of pyridine rings is 1. The molecule has 0 radical (unpaired) electrons. The molecule has 2 heterocycles. The van der Waals surface area contributed by atoms with Gasteiger partial charge in [-0.25, -0.2) is 4.98 Å². The smallest absolute Gasteiger partial charge is 0.129 e. The summed E-state index contributed by atoms with van der Waals surface area (Å²) in [5, 5.41) is 14.7. The van der Waals surface area contributed by atoms with E-state index >= 15 is 0 Å². The number of aryl methyl sites for hydroxylation is 1. The fourth-order valence-corrected chi connectivity index (χ4v) is 1.83. The number of hydrogen-bond donors (Lipinski definition) is 1. The highest BCUT2D eigenvalue weighted by molar-refractivity contribution is 6.29. The third-order valence-electron chi connectivity index (χ3n) is 2.49. The molecule has 1 unspecified atom stereocenters. The van der Waals surface area contributed by atoms with Crippen molar-refractivity contribution in [2.45, 2.75) is 26.0 Å². The Balaban J connectivity index is 2.21. The molecular formula is C12H14ClN3O. The maximum absolute atomic E-state index is 10.2. The summed E-state index contributed by atoms with van der Waals surface area (Å²) in [6, 6.07) is 3.40. The molecule has 0 amide bonds. The highest BCUT2D eigenvalue weighted by atomic mass is 35.5. The van der Waals surface area contributed by atoms with E-state index in [0.717, 1.165) is 24.1 Å². The summed E-state index contributed by atoms with van der Waals surface area (Å²) >= 11 is 5.79. The Bertz CT molecular complexity index is 498. The van der Waals surface area contributed by atoms with E-state index in [9.17, 15) is 5.11 Å². The van der Waals surface area contributed by atoms with Crippen LogP contribution in [0, 0.1) is 0 Å². The van der Waals surface area contributed by atoms with E-state index in [1.54, 1.807) is 24.5 Å². The highest BCUT2D eigenvalue weighted by Crippen LogP contribution is 2.22. The van der Waals surface area contributed by atoms with Gasteiger partial charge in [0.05, 0.1) is 6.20 Å². The molecule has 2 aromatic rings. The number of aromatic nitrogens is 3. The van der Waals surface area contributed by atoms with Gasteiger partial charge in [0.2, 0.25) is 0 Å². The van der Waals surface area contributed by atoms with Crippen molar-refractivity contribution in [3.05, 3.63) is 47.0 Å². The van der Waals surface area contributed by atoms with E-state index in [1.807, 2.05) is 10.9 Å². The number of hydrogen-bond acceptors (Lipinski definition) is 3. The molecule has 4 nitrogen and oxygen atoms in total. The fraction of sp³-hybridized carbons (Fsp3) is 0.333. The quantitative estimate of drug-likeness (QED) is 0.849.